The molecule has 0 aliphatic rings. The Morgan fingerprint density at radius 3 is 2.45 bits per heavy atom. The lowest BCUT2D eigenvalue weighted by Crippen LogP contribution is -2.40. The fraction of sp³-hybridized carbons (Fsp3) is 0.500. The van der Waals surface area contributed by atoms with Crippen molar-refractivity contribution in [3.05, 3.63) is 29.3 Å². The zero-order valence-corrected chi connectivity index (χ0v) is 14.4. The minimum Gasteiger partial charge on any atom is -0.352 e. The molecule has 124 valence electrons. The van der Waals surface area contributed by atoms with Crippen molar-refractivity contribution >= 4 is 29.9 Å². The van der Waals surface area contributed by atoms with Gasteiger partial charge in [0.25, 0.3) is 5.91 Å². The molecular formula is C16H26ClN3O2. The third-order valence-corrected chi connectivity index (χ3v) is 3.65. The van der Waals surface area contributed by atoms with Crippen LogP contribution in [0.1, 0.15) is 43.1 Å². The summed E-state index contributed by atoms with van der Waals surface area (Å²) in [4.78, 5) is 24.0. The molecule has 2 atom stereocenters. The van der Waals surface area contributed by atoms with Crippen LogP contribution in [0.4, 0.5) is 5.69 Å². The van der Waals surface area contributed by atoms with Gasteiger partial charge < -0.3 is 16.4 Å². The van der Waals surface area contributed by atoms with E-state index in [1.807, 2.05) is 33.8 Å². The maximum absolute atomic E-state index is 12.1. The van der Waals surface area contributed by atoms with Crippen LogP contribution in [-0.2, 0) is 4.79 Å². The van der Waals surface area contributed by atoms with E-state index in [1.165, 1.54) is 0 Å². The van der Waals surface area contributed by atoms with Crippen molar-refractivity contribution in [1.82, 2.24) is 5.32 Å². The highest BCUT2D eigenvalue weighted by molar-refractivity contribution is 5.99. The van der Waals surface area contributed by atoms with Gasteiger partial charge in [-0.1, -0.05) is 26.3 Å². The van der Waals surface area contributed by atoms with E-state index in [-0.39, 0.29) is 30.1 Å². The first kappa shape index (κ1) is 20.4. The molecule has 0 radical (unpaired) electrons. The SMILES string of the molecule is CCNC(=O)c1ccc(C)c(NC(=O)C(N)C(C)CC)c1.Cl. The average Bonchev–Trinajstić information content (AvgIpc) is 2.47. The summed E-state index contributed by atoms with van der Waals surface area (Å²) in [6.07, 6.45) is 0.840. The van der Waals surface area contributed by atoms with Crippen molar-refractivity contribution in [2.24, 2.45) is 11.7 Å². The number of hydrogen-bond acceptors (Lipinski definition) is 3. The first-order chi connectivity index (χ1) is 9.90. The lowest BCUT2D eigenvalue weighted by Gasteiger charge is -2.19. The first-order valence-electron chi connectivity index (χ1n) is 7.35. The number of anilines is 1. The predicted molar refractivity (Wildman–Crippen MR) is 92.5 cm³/mol. The molecule has 0 saturated heterocycles. The minimum atomic E-state index is -0.553. The molecule has 22 heavy (non-hydrogen) atoms. The molecule has 6 heteroatoms. The molecule has 0 aliphatic carbocycles. The van der Waals surface area contributed by atoms with Gasteiger partial charge in [0, 0.05) is 17.8 Å². The van der Waals surface area contributed by atoms with Gasteiger partial charge in [0.1, 0.15) is 0 Å². The number of carbonyl (C=O) groups is 2. The van der Waals surface area contributed by atoms with Crippen LogP contribution in [0.15, 0.2) is 18.2 Å². The molecule has 1 aromatic carbocycles. The predicted octanol–water partition coefficient (Wildman–Crippen LogP) is 2.48. The number of aryl methyl sites for hydroxylation is 1. The summed E-state index contributed by atoms with van der Waals surface area (Å²) in [5.74, 6) is -0.267. The van der Waals surface area contributed by atoms with Gasteiger partial charge in [-0.2, -0.15) is 0 Å². The van der Waals surface area contributed by atoms with Gasteiger partial charge in [-0.15, -0.1) is 12.4 Å². The van der Waals surface area contributed by atoms with Crippen molar-refractivity contribution in [1.29, 1.82) is 0 Å². The molecule has 0 saturated carbocycles. The molecule has 0 fully saturated rings. The van der Waals surface area contributed by atoms with Gasteiger partial charge in [-0.25, -0.2) is 0 Å². The van der Waals surface area contributed by atoms with E-state index in [0.717, 1.165) is 12.0 Å². The van der Waals surface area contributed by atoms with E-state index in [0.29, 0.717) is 17.8 Å². The molecule has 1 aromatic rings. The Bertz CT molecular complexity index is 520. The van der Waals surface area contributed by atoms with E-state index >= 15 is 0 Å². The molecule has 5 nitrogen and oxygen atoms in total. The molecule has 2 unspecified atom stereocenters. The van der Waals surface area contributed by atoms with E-state index in [4.69, 9.17) is 5.73 Å². The van der Waals surface area contributed by atoms with Gasteiger partial charge in [0.15, 0.2) is 0 Å². The average molecular weight is 328 g/mol. The van der Waals surface area contributed by atoms with Crippen molar-refractivity contribution in [2.75, 3.05) is 11.9 Å². The summed E-state index contributed by atoms with van der Waals surface area (Å²) in [6, 6.07) is 4.68. The van der Waals surface area contributed by atoms with Crippen LogP contribution in [0.3, 0.4) is 0 Å². The van der Waals surface area contributed by atoms with Crippen LogP contribution in [0.25, 0.3) is 0 Å². The molecule has 2 amide bonds. The molecule has 0 heterocycles. The van der Waals surface area contributed by atoms with Crippen molar-refractivity contribution < 1.29 is 9.59 Å². The van der Waals surface area contributed by atoms with Gasteiger partial charge in [-0.05, 0) is 37.5 Å². The second-order valence-electron chi connectivity index (χ2n) is 5.29. The Kier molecular flexibility index (Phi) is 8.75. The van der Waals surface area contributed by atoms with Crippen LogP contribution >= 0.6 is 12.4 Å². The van der Waals surface area contributed by atoms with Crippen molar-refractivity contribution in [2.45, 2.75) is 40.2 Å². The molecule has 0 aliphatic heterocycles. The van der Waals surface area contributed by atoms with Crippen LogP contribution < -0.4 is 16.4 Å². The minimum absolute atomic E-state index is 0. The highest BCUT2D eigenvalue weighted by Gasteiger charge is 2.20. The monoisotopic (exact) mass is 327 g/mol. The van der Waals surface area contributed by atoms with E-state index < -0.39 is 6.04 Å². The number of benzene rings is 1. The maximum Gasteiger partial charge on any atom is 0.251 e. The Labute approximate surface area is 138 Å². The second-order valence-corrected chi connectivity index (χ2v) is 5.29. The third kappa shape index (κ3) is 5.31. The van der Waals surface area contributed by atoms with E-state index in [9.17, 15) is 9.59 Å². The number of nitrogens with one attached hydrogen (secondary N) is 2. The standard InChI is InChI=1S/C16H25N3O2.ClH/c1-5-10(3)14(17)16(21)19-13-9-12(8-7-11(13)4)15(20)18-6-2;/h7-10,14H,5-6,17H2,1-4H3,(H,18,20)(H,19,21);1H. The summed E-state index contributed by atoms with van der Waals surface area (Å²) >= 11 is 0. The molecular weight excluding hydrogens is 302 g/mol. The Balaban J connectivity index is 0.00000441. The van der Waals surface area contributed by atoms with Crippen LogP contribution in [-0.4, -0.2) is 24.4 Å². The topological polar surface area (TPSA) is 84.2 Å². The Morgan fingerprint density at radius 1 is 1.27 bits per heavy atom. The van der Waals surface area contributed by atoms with Gasteiger partial charge in [0.05, 0.1) is 6.04 Å². The summed E-state index contributed by atoms with van der Waals surface area (Å²) in [7, 11) is 0. The highest BCUT2D eigenvalue weighted by Crippen LogP contribution is 2.18. The smallest absolute Gasteiger partial charge is 0.251 e. The quantitative estimate of drug-likeness (QED) is 0.750. The normalized spacial score (nSPS) is 12.8. The molecule has 0 bridgehead atoms. The number of hydrogen-bond donors (Lipinski definition) is 3. The largest absolute Gasteiger partial charge is 0.352 e. The van der Waals surface area contributed by atoms with E-state index in [1.54, 1.807) is 12.1 Å². The van der Waals surface area contributed by atoms with Crippen molar-refractivity contribution in [3.8, 4) is 0 Å². The summed E-state index contributed by atoms with van der Waals surface area (Å²) < 4.78 is 0. The highest BCUT2D eigenvalue weighted by atomic mass is 35.5. The number of halogens is 1. The summed E-state index contributed by atoms with van der Waals surface area (Å²) in [6.45, 7) is 8.25. The second kappa shape index (κ2) is 9.43. The van der Waals surface area contributed by atoms with Crippen LogP contribution in [0.2, 0.25) is 0 Å². The molecule has 0 spiro atoms. The summed E-state index contributed by atoms with van der Waals surface area (Å²) in [5, 5.41) is 5.55. The molecule has 0 aromatic heterocycles. The van der Waals surface area contributed by atoms with Gasteiger partial charge >= 0.3 is 0 Å². The first-order valence-corrected chi connectivity index (χ1v) is 7.35. The Morgan fingerprint density at radius 2 is 1.91 bits per heavy atom. The number of nitrogens with two attached hydrogens (primary N) is 1. The van der Waals surface area contributed by atoms with Crippen LogP contribution in [0, 0.1) is 12.8 Å². The lowest BCUT2D eigenvalue weighted by molar-refractivity contribution is -0.118. The van der Waals surface area contributed by atoms with Gasteiger partial charge in [-0.3, -0.25) is 9.59 Å². The number of amides is 2. The zero-order valence-electron chi connectivity index (χ0n) is 13.6. The van der Waals surface area contributed by atoms with Crippen molar-refractivity contribution in [3.63, 3.8) is 0 Å². The Hall–Kier alpha value is -1.59. The number of carbonyl (C=O) groups excluding carboxylic acids is 2. The van der Waals surface area contributed by atoms with Gasteiger partial charge in [0.2, 0.25) is 5.91 Å². The number of rotatable bonds is 6. The molecule has 1 rings (SSSR count). The summed E-state index contributed by atoms with van der Waals surface area (Å²) in [5.41, 5.74) is 7.97. The fourth-order valence-corrected chi connectivity index (χ4v) is 1.89. The van der Waals surface area contributed by atoms with E-state index in [2.05, 4.69) is 10.6 Å². The lowest BCUT2D eigenvalue weighted by atomic mass is 9.99. The fourth-order valence-electron chi connectivity index (χ4n) is 1.89. The van der Waals surface area contributed by atoms with Crippen LogP contribution in [0.5, 0.6) is 0 Å². The maximum atomic E-state index is 12.1. The molecule has 4 N–H and O–H groups in total. The third-order valence-electron chi connectivity index (χ3n) is 3.65. The zero-order chi connectivity index (χ0) is 16.0.